The largest absolute Gasteiger partial charge is 0.492 e. The van der Waals surface area contributed by atoms with Gasteiger partial charge < -0.3 is 25.0 Å². The molecule has 30 heavy (non-hydrogen) atoms. The van der Waals surface area contributed by atoms with Gasteiger partial charge in [-0.15, -0.1) is 0 Å². The Labute approximate surface area is 174 Å². The van der Waals surface area contributed by atoms with Gasteiger partial charge in [0.05, 0.1) is 41.2 Å². The number of pyridine rings is 3. The van der Waals surface area contributed by atoms with E-state index in [2.05, 4.69) is 31.7 Å². The van der Waals surface area contributed by atoms with Gasteiger partial charge in [0.2, 0.25) is 0 Å². The zero-order valence-electron chi connectivity index (χ0n) is 16.9. The summed E-state index contributed by atoms with van der Waals surface area (Å²) in [5, 5.41) is 13.4. The number of hydrogen-bond donors (Lipinski definition) is 3. The van der Waals surface area contributed by atoms with E-state index in [0.717, 1.165) is 31.6 Å². The van der Waals surface area contributed by atoms with E-state index in [1.807, 2.05) is 19.1 Å². The highest BCUT2D eigenvalue weighted by Gasteiger charge is 2.18. The lowest BCUT2D eigenvalue weighted by Crippen LogP contribution is -2.35. The molecule has 1 aliphatic rings. The number of anilines is 3. The summed E-state index contributed by atoms with van der Waals surface area (Å²) in [4.78, 5) is 26.4. The quantitative estimate of drug-likeness (QED) is 0.540. The molecule has 0 aliphatic carbocycles. The van der Waals surface area contributed by atoms with Crippen LogP contribution in [0.2, 0.25) is 0 Å². The lowest BCUT2D eigenvalue weighted by atomic mass is 10.1. The molecule has 3 aromatic rings. The highest BCUT2D eigenvalue weighted by atomic mass is 16.5. The molecule has 0 amide bonds. The summed E-state index contributed by atoms with van der Waals surface area (Å²) >= 11 is 0. The molecule has 0 unspecified atom stereocenters. The molecule has 8 nitrogen and oxygen atoms in total. The predicted octanol–water partition coefficient (Wildman–Crippen LogP) is 3.03. The molecule has 0 saturated carbocycles. The molecule has 0 aromatic carbocycles. The number of H-pyrrole nitrogens is 1. The van der Waals surface area contributed by atoms with E-state index in [0.29, 0.717) is 40.5 Å². The van der Waals surface area contributed by atoms with Crippen molar-refractivity contribution >= 4 is 33.9 Å². The second-order valence-corrected chi connectivity index (χ2v) is 7.22. The first-order valence-electron chi connectivity index (χ1n) is 10.1. The number of ether oxygens (including phenoxy) is 1. The number of nitrogens with one attached hydrogen (secondary N) is 2. The van der Waals surface area contributed by atoms with Gasteiger partial charge in [-0.3, -0.25) is 4.79 Å². The van der Waals surface area contributed by atoms with Gasteiger partial charge in [-0.1, -0.05) is 6.58 Å². The summed E-state index contributed by atoms with van der Waals surface area (Å²) < 4.78 is 5.49. The molecule has 0 spiro atoms. The maximum absolute atomic E-state index is 12.4. The van der Waals surface area contributed by atoms with Crippen LogP contribution < -0.4 is 15.8 Å². The van der Waals surface area contributed by atoms with E-state index in [4.69, 9.17) is 4.74 Å². The summed E-state index contributed by atoms with van der Waals surface area (Å²) in [6.45, 7) is 7.90. The molecule has 0 atom stereocenters. The van der Waals surface area contributed by atoms with Crippen molar-refractivity contribution in [2.75, 3.05) is 29.9 Å². The lowest BCUT2D eigenvalue weighted by Gasteiger charge is -2.31. The number of fused-ring (bicyclic) bond motifs is 1. The highest BCUT2D eigenvalue weighted by molar-refractivity contribution is 5.93. The number of rotatable bonds is 6. The average molecular weight is 407 g/mol. The number of aliphatic hydroxyl groups is 1. The molecule has 4 heterocycles. The van der Waals surface area contributed by atoms with Crippen molar-refractivity contribution in [2.24, 2.45) is 0 Å². The third kappa shape index (κ3) is 4.13. The van der Waals surface area contributed by atoms with Crippen LogP contribution in [0.4, 0.5) is 17.2 Å². The van der Waals surface area contributed by atoms with Gasteiger partial charge in [-0.2, -0.15) is 0 Å². The van der Waals surface area contributed by atoms with E-state index in [9.17, 15) is 9.90 Å². The third-order valence-electron chi connectivity index (χ3n) is 5.17. The number of piperidine rings is 1. The molecule has 1 fully saturated rings. The molecule has 3 aromatic heterocycles. The average Bonchev–Trinajstić information content (AvgIpc) is 2.75. The van der Waals surface area contributed by atoms with Crippen molar-refractivity contribution in [3.63, 3.8) is 0 Å². The fourth-order valence-electron chi connectivity index (χ4n) is 3.59. The molecule has 4 rings (SSSR count). The topological polar surface area (TPSA) is 103 Å². The molecular weight excluding hydrogens is 382 g/mol. The van der Waals surface area contributed by atoms with Crippen LogP contribution in [0.3, 0.4) is 0 Å². The third-order valence-corrected chi connectivity index (χ3v) is 5.17. The van der Waals surface area contributed by atoms with Crippen LogP contribution in [0.5, 0.6) is 0 Å². The number of aliphatic hydroxyl groups excluding tert-OH is 1. The zero-order valence-corrected chi connectivity index (χ0v) is 16.9. The number of aromatic nitrogens is 3. The Balaban J connectivity index is 1.64. The fraction of sp³-hybridized carbons (Fsp3) is 0.318. The SMILES string of the molecule is C=C(OCC)c1cc(Nc2ccc(N3CCC(O)CC3)cn2)c2c(=O)[nH]ccc2n1. The maximum Gasteiger partial charge on any atom is 0.259 e. The predicted molar refractivity (Wildman–Crippen MR) is 118 cm³/mol. The number of aromatic amines is 1. The summed E-state index contributed by atoms with van der Waals surface area (Å²) in [7, 11) is 0. The molecule has 1 saturated heterocycles. The van der Waals surface area contributed by atoms with Gasteiger partial charge in [-0.05, 0) is 44.0 Å². The minimum absolute atomic E-state index is 0.214. The van der Waals surface area contributed by atoms with E-state index in [1.165, 1.54) is 0 Å². The van der Waals surface area contributed by atoms with Gasteiger partial charge in [0.15, 0.2) is 0 Å². The Bertz CT molecular complexity index is 1100. The first-order valence-corrected chi connectivity index (χ1v) is 10.1. The normalized spacial score (nSPS) is 14.7. The van der Waals surface area contributed by atoms with E-state index >= 15 is 0 Å². The molecular formula is C22H25N5O3. The zero-order chi connectivity index (χ0) is 21.1. The molecule has 0 radical (unpaired) electrons. The summed E-state index contributed by atoms with van der Waals surface area (Å²) in [6, 6.07) is 7.35. The number of hydrogen-bond acceptors (Lipinski definition) is 7. The smallest absolute Gasteiger partial charge is 0.259 e. The Hall–Kier alpha value is -3.39. The Morgan fingerprint density at radius 3 is 2.87 bits per heavy atom. The van der Waals surface area contributed by atoms with Crippen LogP contribution in [-0.4, -0.2) is 45.9 Å². The second-order valence-electron chi connectivity index (χ2n) is 7.22. The van der Waals surface area contributed by atoms with E-state index < -0.39 is 0 Å². The Morgan fingerprint density at radius 1 is 1.37 bits per heavy atom. The van der Waals surface area contributed by atoms with Crippen molar-refractivity contribution in [2.45, 2.75) is 25.9 Å². The molecule has 1 aliphatic heterocycles. The minimum Gasteiger partial charge on any atom is -0.492 e. The van der Waals surface area contributed by atoms with Crippen LogP contribution in [-0.2, 0) is 4.74 Å². The fourth-order valence-corrected chi connectivity index (χ4v) is 3.59. The molecule has 0 bridgehead atoms. The van der Waals surface area contributed by atoms with Crippen LogP contribution in [0.15, 0.2) is 48.0 Å². The van der Waals surface area contributed by atoms with Gasteiger partial charge in [-0.25, -0.2) is 9.97 Å². The minimum atomic E-state index is -0.237. The van der Waals surface area contributed by atoms with Crippen molar-refractivity contribution in [3.05, 3.63) is 59.3 Å². The molecule has 8 heteroatoms. The molecule has 3 N–H and O–H groups in total. The van der Waals surface area contributed by atoms with Gasteiger partial charge in [0, 0.05) is 19.3 Å². The monoisotopic (exact) mass is 407 g/mol. The highest BCUT2D eigenvalue weighted by Crippen LogP contribution is 2.27. The standard InChI is InChI=1S/C22H25N5O3/c1-3-30-14(2)18-12-19(21-17(25-18)6-9-23-22(21)29)26-20-5-4-15(13-24-20)27-10-7-16(28)8-11-27/h4-6,9,12-13,16,28H,2-3,7-8,10-11H2,1H3,(H,23,29)(H,24,25,26). The maximum atomic E-state index is 12.4. The van der Waals surface area contributed by atoms with Gasteiger partial charge in [0.1, 0.15) is 17.3 Å². The lowest BCUT2D eigenvalue weighted by molar-refractivity contribution is 0.145. The molecule has 156 valence electrons. The van der Waals surface area contributed by atoms with Crippen molar-refractivity contribution in [1.82, 2.24) is 15.0 Å². The summed E-state index contributed by atoms with van der Waals surface area (Å²) in [5.74, 6) is 1.05. The van der Waals surface area contributed by atoms with Crippen molar-refractivity contribution in [3.8, 4) is 0 Å². The van der Waals surface area contributed by atoms with Crippen molar-refractivity contribution in [1.29, 1.82) is 0 Å². The first-order chi connectivity index (χ1) is 14.5. The second kappa shape index (κ2) is 8.54. The van der Waals surface area contributed by atoms with Crippen LogP contribution in [0, 0.1) is 0 Å². The van der Waals surface area contributed by atoms with Crippen LogP contribution >= 0.6 is 0 Å². The Kier molecular flexibility index (Phi) is 5.67. The van der Waals surface area contributed by atoms with Crippen LogP contribution in [0.1, 0.15) is 25.5 Å². The Morgan fingerprint density at radius 2 is 2.17 bits per heavy atom. The van der Waals surface area contributed by atoms with Gasteiger partial charge >= 0.3 is 0 Å². The van der Waals surface area contributed by atoms with E-state index in [1.54, 1.807) is 24.5 Å². The number of nitrogens with zero attached hydrogens (tertiary/aromatic N) is 3. The van der Waals surface area contributed by atoms with E-state index in [-0.39, 0.29) is 11.7 Å². The van der Waals surface area contributed by atoms with Crippen molar-refractivity contribution < 1.29 is 9.84 Å². The summed E-state index contributed by atoms with van der Waals surface area (Å²) in [6.07, 6.45) is 4.68. The summed E-state index contributed by atoms with van der Waals surface area (Å²) in [5.41, 5.74) is 2.46. The first kappa shape index (κ1) is 19.9. The van der Waals surface area contributed by atoms with Crippen LogP contribution in [0.25, 0.3) is 16.7 Å². The van der Waals surface area contributed by atoms with Gasteiger partial charge in [0.25, 0.3) is 5.56 Å².